The highest BCUT2D eigenvalue weighted by atomic mass is 16.2. The summed E-state index contributed by atoms with van der Waals surface area (Å²) < 4.78 is 0. The maximum absolute atomic E-state index is 12.5. The van der Waals surface area contributed by atoms with Gasteiger partial charge in [-0.25, -0.2) is 0 Å². The van der Waals surface area contributed by atoms with Gasteiger partial charge in [0.2, 0.25) is 17.7 Å². The van der Waals surface area contributed by atoms with Crippen molar-refractivity contribution in [3.8, 4) is 0 Å². The van der Waals surface area contributed by atoms with Crippen molar-refractivity contribution < 1.29 is 14.4 Å². The van der Waals surface area contributed by atoms with Crippen LogP contribution in [-0.4, -0.2) is 30.8 Å². The van der Waals surface area contributed by atoms with Gasteiger partial charge >= 0.3 is 0 Å². The van der Waals surface area contributed by atoms with Crippen molar-refractivity contribution in [3.05, 3.63) is 54.1 Å². The molecule has 140 valence electrons. The SMILES string of the molecule is Nc1ccc(CCNC(=O)CCC(=O)N2CC(=O)Nc3ccccc32)cc1. The fourth-order valence-corrected chi connectivity index (χ4v) is 2.93. The van der Waals surface area contributed by atoms with Crippen LogP contribution in [0.4, 0.5) is 17.1 Å². The van der Waals surface area contributed by atoms with Gasteiger partial charge in [0.15, 0.2) is 0 Å². The lowest BCUT2D eigenvalue weighted by atomic mass is 10.1. The summed E-state index contributed by atoms with van der Waals surface area (Å²) in [5.74, 6) is -0.672. The first-order valence-corrected chi connectivity index (χ1v) is 8.83. The normalized spacial score (nSPS) is 12.9. The molecule has 27 heavy (non-hydrogen) atoms. The third-order valence-electron chi connectivity index (χ3n) is 4.35. The molecule has 7 nitrogen and oxygen atoms in total. The van der Waals surface area contributed by atoms with Crippen LogP contribution in [-0.2, 0) is 20.8 Å². The third kappa shape index (κ3) is 4.84. The number of anilines is 3. The maximum atomic E-state index is 12.5. The molecule has 3 rings (SSSR count). The molecule has 0 aliphatic carbocycles. The Morgan fingerprint density at radius 1 is 1.07 bits per heavy atom. The van der Waals surface area contributed by atoms with E-state index in [0.29, 0.717) is 30.0 Å². The minimum atomic E-state index is -0.244. The van der Waals surface area contributed by atoms with E-state index in [1.165, 1.54) is 4.90 Å². The third-order valence-corrected chi connectivity index (χ3v) is 4.35. The van der Waals surface area contributed by atoms with Crippen LogP contribution in [0.15, 0.2) is 48.5 Å². The molecule has 1 aliphatic heterocycles. The summed E-state index contributed by atoms with van der Waals surface area (Å²) in [6.45, 7) is 0.459. The largest absolute Gasteiger partial charge is 0.399 e. The van der Waals surface area contributed by atoms with E-state index in [0.717, 1.165) is 5.56 Å². The van der Waals surface area contributed by atoms with Crippen LogP contribution < -0.4 is 21.3 Å². The molecule has 7 heteroatoms. The fraction of sp³-hybridized carbons (Fsp3) is 0.250. The molecule has 0 saturated heterocycles. The topological polar surface area (TPSA) is 105 Å². The van der Waals surface area contributed by atoms with Crippen molar-refractivity contribution in [2.75, 3.05) is 29.0 Å². The molecular weight excluding hydrogens is 344 g/mol. The number of fused-ring (bicyclic) bond motifs is 1. The summed E-state index contributed by atoms with van der Waals surface area (Å²) in [6, 6.07) is 14.6. The number of nitrogen functional groups attached to an aromatic ring is 1. The van der Waals surface area contributed by atoms with E-state index in [2.05, 4.69) is 10.6 Å². The standard InChI is InChI=1S/C20H22N4O3/c21-15-7-5-14(6-8-15)11-12-22-18(25)9-10-20(27)24-13-19(26)23-16-3-1-2-4-17(16)24/h1-8H,9-13,21H2,(H,22,25)(H,23,26). The molecular formula is C20H22N4O3. The van der Waals surface area contributed by atoms with Gasteiger partial charge in [0.05, 0.1) is 11.4 Å². The zero-order valence-corrected chi connectivity index (χ0v) is 14.9. The van der Waals surface area contributed by atoms with Gasteiger partial charge < -0.3 is 21.3 Å². The van der Waals surface area contributed by atoms with Crippen LogP contribution in [0, 0.1) is 0 Å². The van der Waals surface area contributed by atoms with Gasteiger partial charge in [-0.15, -0.1) is 0 Å². The number of nitrogens with one attached hydrogen (secondary N) is 2. The van der Waals surface area contributed by atoms with Crippen LogP contribution in [0.5, 0.6) is 0 Å². The van der Waals surface area contributed by atoms with Gasteiger partial charge in [-0.1, -0.05) is 24.3 Å². The molecule has 0 saturated carbocycles. The molecule has 0 bridgehead atoms. The number of hydrogen-bond acceptors (Lipinski definition) is 4. The molecule has 2 aromatic rings. The molecule has 0 atom stereocenters. The Morgan fingerprint density at radius 2 is 1.81 bits per heavy atom. The molecule has 0 spiro atoms. The Hall–Kier alpha value is -3.35. The minimum absolute atomic E-state index is 0.0331. The van der Waals surface area contributed by atoms with E-state index in [1.54, 1.807) is 24.3 Å². The molecule has 1 heterocycles. The van der Waals surface area contributed by atoms with E-state index in [9.17, 15) is 14.4 Å². The molecule has 4 N–H and O–H groups in total. The lowest BCUT2D eigenvalue weighted by molar-refractivity contribution is -0.125. The van der Waals surface area contributed by atoms with Gasteiger partial charge in [0, 0.05) is 25.1 Å². The van der Waals surface area contributed by atoms with Gasteiger partial charge in [0.25, 0.3) is 0 Å². The van der Waals surface area contributed by atoms with Crippen molar-refractivity contribution in [2.24, 2.45) is 0 Å². The Bertz CT molecular complexity index is 849. The summed E-state index contributed by atoms with van der Waals surface area (Å²) in [5.41, 5.74) is 8.69. The van der Waals surface area contributed by atoms with E-state index in [1.807, 2.05) is 24.3 Å². The predicted molar refractivity (Wildman–Crippen MR) is 104 cm³/mol. The maximum Gasteiger partial charge on any atom is 0.244 e. The second-order valence-corrected chi connectivity index (χ2v) is 6.39. The van der Waals surface area contributed by atoms with Crippen molar-refractivity contribution >= 4 is 34.8 Å². The van der Waals surface area contributed by atoms with Gasteiger partial charge in [0.1, 0.15) is 6.54 Å². The lowest BCUT2D eigenvalue weighted by Gasteiger charge is -2.29. The lowest BCUT2D eigenvalue weighted by Crippen LogP contribution is -2.42. The van der Waals surface area contributed by atoms with Crippen molar-refractivity contribution in [1.82, 2.24) is 5.32 Å². The van der Waals surface area contributed by atoms with Gasteiger partial charge in [-0.05, 0) is 36.2 Å². The molecule has 0 fully saturated rings. The van der Waals surface area contributed by atoms with Gasteiger partial charge in [-0.3, -0.25) is 14.4 Å². The summed E-state index contributed by atoms with van der Waals surface area (Å²) in [7, 11) is 0. The first kappa shape index (κ1) is 18.4. The average molecular weight is 366 g/mol. The van der Waals surface area contributed by atoms with Crippen molar-refractivity contribution in [2.45, 2.75) is 19.3 Å². The van der Waals surface area contributed by atoms with Crippen LogP contribution in [0.2, 0.25) is 0 Å². The highest BCUT2D eigenvalue weighted by Crippen LogP contribution is 2.29. The smallest absolute Gasteiger partial charge is 0.244 e. The Morgan fingerprint density at radius 3 is 2.59 bits per heavy atom. The van der Waals surface area contributed by atoms with Crippen molar-refractivity contribution in [3.63, 3.8) is 0 Å². The molecule has 1 aliphatic rings. The first-order chi connectivity index (χ1) is 13.0. The van der Waals surface area contributed by atoms with Crippen LogP contribution in [0.3, 0.4) is 0 Å². The number of carbonyl (C=O) groups is 3. The first-order valence-electron chi connectivity index (χ1n) is 8.83. The second kappa shape index (κ2) is 8.35. The Balaban J connectivity index is 1.47. The second-order valence-electron chi connectivity index (χ2n) is 6.39. The molecule has 2 aromatic carbocycles. The highest BCUT2D eigenvalue weighted by Gasteiger charge is 2.26. The van der Waals surface area contributed by atoms with Crippen LogP contribution >= 0.6 is 0 Å². The van der Waals surface area contributed by atoms with E-state index < -0.39 is 0 Å². The number of amides is 3. The van der Waals surface area contributed by atoms with Crippen molar-refractivity contribution in [1.29, 1.82) is 0 Å². The number of nitrogens with two attached hydrogens (primary N) is 1. The summed E-state index contributed by atoms with van der Waals surface area (Å²) >= 11 is 0. The molecule has 0 unspecified atom stereocenters. The quantitative estimate of drug-likeness (QED) is 0.677. The summed E-state index contributed by atoms with van der Waals surface area (Å²) in [6.07, 6.45) is 0.829. The number of hydrogen-bond donors (Lipinski definition) is 3. The summed E-state index contributed by atoms with van der Waals surface area (Å²) in [4.78, 5) is 37.7. The average Bonchev–Trinajstić information content (AvgIpc) is 2.67. The number of carbonyl (C=O) groups excluding carboxylic acids is 3. The molecule has 0 aromatic heterocycles. The van der Waals surface area contributed by atoms with Crippen LogP contribution in [0.25, 0.3) is 0 Å². The highest BCUT2D eigenvalue weighted by molar-refractivity contribution is 6.10. The Kier molecular flexibility index (Phi) is 5.71. The number of nitrogens with zero attached hydrogens (tertiary/aromatic N) is 1. The van der Waals surface area contributed by atoms with Gasteiger partial charge in [-0.2, -0.15) is 0 Å². The Labute approximate surface area is 157 Å². The summed E-state index contributed by atoms with van der Waals surface area (Å²) in [5, 5.41) is 5.55. The fourth-order valence-electron chi connectivity index (χ4n) is 2.93. The zero-order chi connectivity index (χ0) is 19.2. The predicted octanol–water partition coefficient (Wildman–Crippen LogP) is 1.69. The molecule has 3 amide bonds. The van der Waals surface area contributed by atoms with E-state index in [-0.39, 0.29) is 37.1 Å². The zero-order valence-electron chi connectivity index (χ0n) is 14.9. The monoisotopic (exact) mass is 366 g/mol. The minimum Gasteiger partial charge on any atom is -0.399 e. The van der Waals surface area contributed by atoms with Crippen LogP contribution in [0.1, 0.15) is 18.4 Å². The number of benzene rings is 2. The van der Waals surface area contributed by atoms with E-state index in [4.69, 9.17) is 5.73 Å². The number of para-hydroxylation sites is 2. The number of rotatable bonds is 6. The molecule has 0 radical (unpaired) electrons. The van der Waals surface area contributed by atoms with E-state index >= 15 is 0 Å².